The molecule has 36 heavy (non-hydrogen) atoms. The van der Waals surface area contributed by atoms with Crippen molar-refractivity contribution in [3.05, 3.63) is 64.5 Å². The number of fused-ring (bicyclic) bond motifs is 1. The van der Waals surface area contributed by atoms with Gasteiger partial charge in [0.15, 0.2) is 0 Å². The van der Waals surface area contributed by atoms with E-state index in [9.17, 15) is 14.4 Å². The summed E-state index contributed by atoms with van der Waals surface area (Å²) in [6.07, 6.45) is -6.20. The molecule has 3 aliphatic heterocycles. The Morgan fingerprint density at radius 3 is 2.72 bits per heavy atom. The van der Waals surface area contributed by atoms with Crippen molar-refractivity contribution in [3.8, 4) is 0 Å². The zero-order valence-corrected chi connectivity index (χ0v) is 19.3. The molecule has 2 N–H and O–H groups in total. The molecule has 0 radical (unpaired) electrons. The van der Waals surface area contributed by atoms with E-state index in [1.807, 2.05) is 5.32 Å². The van der Waals surface area contributed by atoms with Gasteiger partial charge < -0.3 is 15.0 Å². The van der Waals surface area contributed by atoms with E-state index in [2.05, 4.69) is 5.32 Å². The number of anilines is 1. The van der Waals surface area contributed by atoms with E-state index in [0.29, 0.717) is 11.0 Å². The number of morpholine rings is 1. The number of hydrogen-bond donors (Lipinski definition) is 2. The molecule has 5 rings (SSSR count). The molecule has 2 aromatic rings. The molecule has 3 aliphatic rings. The number of imide groups is 1. The van der Waals surface area contributed by atoms with Gasteiger partial charge in [0.1, 0.15) is 11.8 Å². The lowest BCUT2D eigenvalue weighted by Crippen LogP contribution is -2.52. The fourth-order valence-corrected chi connectivity index (χ4v) is 3.87. The van der Waals surface area contributed by atoms with Gasteiger partial charge in [-0.15, -0.1) is 0 Å². The van der Waals surface area contributed by atoms with Crippen LogP contribution < -0.4 is 10.6 Å². The van der Waals surface area contributed by atoms with E-state index >= 15 is 4.39 Å². The highest BCUT2D eigenvalue weighted by molar-refractivity contribution is 6.06. The van der Waals surface area contributed by atoms with Gasteiger partial charge in [-0.2, -0.15) is 0 Å². The molecule has 0 saturated carbocycles. The van der Waals surface area contributed by atoms with Crippen LogP contribution in [0.15, 0.2) is 36.4 Å². The van der Waals surface area contributed by atoms with E-state index in [0.717, 1.165) is 26.0 Å². The highest BCUT2D eigenvalue weighted by Gasteiger charge is 2.39. The number of ether oxygens (including phenoxy) is 1. The molecule has 0 spiro atoms. The fraction of sp³-hybridized carbons (Fsp3) is 0.444. The Bertz CT molecular complexity index is 1750. The molecule has 0 aromatic heterocycles. The molecule has 3 amide bonds. The van der Waals surface area contributed by atoms with Crippen molar-refractivity contribution < 1.29 is 41.3 Å². The van der Waals surface area contributed by atoms with E-state index in [1.54, 1.807) is 0 Å². The van der Waals surface area contributed by atoms with E-state index in [4.69, 9.17) is 22.6 Å². The minimum Gasteiger partial charge on any atom is -0.381 e. The summed E-state index contributed by atoms with van der Waals surface area (Å²) in [4.78, 5) is 38.1. The molecule has 3 heterocycles. The van der Waals surface area contributed by atoms with E-state index < -0.39 is 97.3 Å². The Morgan fingerprint density at radius 2 is 2.00 bits per heavy atom. The Kier molecular flexibility index (Phi) is 3.69. The predicted octanol–water partition coefficient (Wildman–Crippen LogP) is 2.81. The summed E-state index contributed by atoms with van der Waals surface area (Å²) in [6, 6.07) is 3.23. The number of benzene rings is 2. The second-order valence-corrected chi connectivity index (χ2v) is 8.13. The summed E-state index contributed by atoms with van der Waals surface area (Å²) in [5, 5.41) is 4.27. The molecular formula is C27H31FN4O4. The Labute approximate surface area is 228 Å². The van der Waals surface area contributed by atoms with E-state index in [-0.39, 0.29) is 22.6 Å². The summed E-state index contributed by atoms with van der Waals surface area (Å²) in [5.41, 5.74) is -2.63. The van der Waals surface area contributed by atoms with Crippen LogP contribution in [0.5, 0.6) is 0 Å². The van der Waals surface area contributed by atoms with Crippen LogP contribution in [0.25, 0.3) is 0 Å². The quantitative estimate of drug-likeness (QED) is 0.585. The number of piperidine rings is 1. The number of nitrogens with one attached hydrogen (secondary N) is 2. The van der Waals surface area contributed by atoms with Crippen molar-refractivity contribution in [1.82, 2.24) is 15.1 Å². The number of amides is 3. The Hall–Kier alpha value is -3.30. The topological polar surface area (TPSA) is 91.0 Å². The maximum absolute atomic E-state index is 15.8. The van der Waals surface area contributed by atoms with Gasteiger partial charge in [-0.25, -0.2) is 4.39 Å². The standard InChI is InChI=1S/C27H31FN4O4/c1-16-12-31(13-17(2)36-16)14-18-6-7-19(22(28)10-18)11-29-23-5-3-4-20-21(23)15-32(27(20)35)24-8-9-25(33)30-26(24)34/h3-7,10,16-17,24,29H,8-9,11-15H2,1-2H3,(H,30,33,34)/i11D2,12D2,13D2,14D2,15D2,16D,17D,24D. The largest absolute Gasteiger partial charge is 0.381 e. The maximum Gasteiger partial charge on any atom is 0.255 e. The zero-order chi connectivity index (χ0) is 37.1. The summed E-state index contributed by atoms with van der Waals surface area (Å²) < 4.78 is 132. The first kappa shape index (κ1) is 13.3. The molecule has 0 bridgehead atoms. The minimum atomic E-state index is -3.25. The molecule has 2 aromatic carbocycles. The molecule has 2 saturated heterocycles. The smallest absolute Gasteiger partial charge is 0.255 e. The summed E-state index contributed by atoms with van der Waals surface area (Å²) in [6.45, 7) is -13.8. The first-order chi connectivity index (χ1) is 22.1. The lowest BCUT2D eigenvalue weighted by atomic mass is 10.0. The SMILES string of the molecule is [2H]C([2H])(Nc1cccc2c1C([2H])([2H])N(C1([2H])CCC(=O)NC1=O)C2=O)c1ccc(C([2H])([2H])N2C([2H])([2H])C([2H])(C)OC([2H])(C)C2([2H])[2H])cc1F. The second-order valence-electron chi connectivity index (χ2n) is 8.13. The lowest BCUT2D eigenvalue weighted by Gasteiger charge is -2.35. The fourth-order valence-electron chi connectivity index (χ4n) is 3.87. The second kappa shape index (κ2) is 9.99. The predicted molar refractivity (Wildman–Crippen MR) is 131 cm³/mol. The number of carbonyl (C=O) groups excluding carboxylic acids is 3. The van der Waals surface area contributed by atoms with Crippen molar-refractivity contribution in [2.24, 2.45) is 0 Å². The van der Waals surface area contributed by atoms with Gasteiger partial charge in [0.25, 0.3) is 5.91 Å². The van der Waals surface area contributed by atoms with Gasteiger partial charge in [0, 0.05) is 69.5 Å². The minimum absolute atomic E-state index is 0.0303. The van der Waals surface area contributed by atoms with Crippen molar-refractivity contribution in [2.75, 3.05) is 18.3 Å². The molecule has 0 aliphatic carbocycles. The van der Waals surface area contributed by atoms with Crippen LogP contribution in [0.1, 0.15) is 71.6 Å². The number of nitrogens with zero attached hydrogens (tertiary/aromatic N) is 2. The first-order valence-electron chi connectivity index (χ1n) is 17.5. The molecule has 190 valence electrons. The highest BCUT2D eigenvalue weighted by atomic mass is 19.1. The van der Waals surface area contributed by atoms with Crippen molar-refractivity contribution in [2.45, 2.75) is 64.4 Å². The van der Waals surface area contributed by atoms with Gasteiger partial charge in [-0.05, 0) is 44.0 Å². The third kappa shape index (κ3) is 4.99. The highest BCUT2D eigenvalue weighted by Crippen LogP contribution is 2.32. The average Bonchev–Trinajstić information content (AvgIpc) is 3.14. The van der Waals surface area contributed by atoms with Crippen LogP contribution in [-0.2, 0) is 33.8 Å². The van der Waals surface area contributed by atoms with Gasteiger partial charge in [-0.3, -0.25) is 24.6 Å². The molecule has 3 unspecified atom stereocenters. The van der Waals surface area contributed by atoms with Crippen molar-refractivity contribution >= 4 is 23.4 Å². The molecule has 3 atom stereocenters. The van der Waals surface area contributed by atoms with Crippen LogP contribution >= 0.6 is 0 Å². The number of halogens is 1. The Balaban J connectivity index is 1.51. The van der Waals surface area contributed by atoms with Gasteiger partial charge in [-0.1, -0.05) is 18.2 Å². The normalized spacial score (nSPS) is 41.0. The van der Waals surface area contributed by atoms with Gasteiger partial charge in [0.2, 0.25) is 11.8 Å². The van der Waals surface area contributed by atoms with Crippen LogP contribution in [0.4, 0.5) is 10.1 Å². The summed E-state index contributed by atoms with van der Waals surface area (Å²) >= 11 is 0. The summed E-state index contributed by atoms with van der Waals surface area (Å²) in [7, 11) is 0. The molecular weight excluding hydrogens is 463 g/mol. The molecule has 2 fully saturated rings. The van der Waals surface area contributed by atoms with Crippen LogP contribution in [0.2, 0.25) is 0 Å². The van der Waals surface area contributed by atoms with Gasteiger partial charge in [0.05, 0.1) is 21.8 Å². The lowest BCUT2D eigenvalue weighted by molar-refractivity contribution is -0.136. The zero-order valence-electron chi connectivity index (χ0n) is 32.3. The van der Waals surface area contributed by atoms with Crippen molar-refractivity contribution in [1.29, 1.82) is 0 Å². The number of carbonyl (C=O) groups is 3. The van der Waals surface area contributed by atoms with Crippen LogP contribution in [0, 0.1) is 5.82 Å². The van der Waals surface area contributed by atoms with Gasteiger partial charge >= 0.3 is 0 Å². The monoisotopic (exact) mass is 507 g/mol. The summed E-state index contributed by atoms with van der Waals surface area (Å²) in [5.74, 6) is -4.42. The van der Waals surface area contributed by atoms with Crippen LogP contribution in [-0.4, -0.2) is 58.7 Å². The first-order valence-corrected chi connectivity index (χ1v) is 11.0. The number of hydrogen-bond acceptors (Lipinski definition) is 6. The van der Waals surface area contributed by atoms with Crippen molar-refractivity contribution in [3.63, 3.8) is 0 Å². The average molecular weight is 508 g/mol. The third-order valence-electron chi connectivity index (χ3n) is 5.48. The van der Waals surface area contributed by atoms with Crippen LogP contribution in [0.3, 0.4) is 0 Å². The number of rotatable bonds is 6. The van der Waals surface area contributed by atoms with E-state index in [1.165, 1.54) is 18.2 Å². The Morgan fingerprint density at radius 1 is 1.22 bits per heavy atom. The molecule has 8 nitrogen and oxygen atoms in total. The third-order valence-corrected chi connectivity index (χ3v) is 5.48. The maximum atomic E-state index is 15.8. The molecule has 9 heteroatoms.